The number of carboxylic acid groups (broad SMARTS) is 2. The van der Waals surface area contributed by atoms with E-state index in [1.165, 1.54) is 0 Å². The molecule has 0 radical (unpaired) electrons. The van der Waals surface area contributed by atoms with Crippen LogP contribution in [0.4, 0.5) is 0 Å². The Labute approximate surface area is 273 Å². The van der Waals surface area contributed by atoms with Gasteiger partial charge in [0.05, 0.1) is 22.8 Å². The van der Waals surface area contributed by atoms with E-state index in [-0.39, 0.29) is 29.9 Å². The van der Waals surface area contributed by atoms with E-state index in [1.807, 2.05) is 32.0 Å². The number of rotatable bonds is 9. The molecule has 3 aromatic rings. The van der Waals surface area contributed by atoms with E-state index in [0.717, 1.165) is 91.0 Å². The summed E-state index contributed by atoms with van der Waals surface area (Å²) in [4.78, 5) is 43.1. The van der Waals surface area contributed by atoms with Crippen LogP contribution in [0, 0.1) is 13.8 Å². The quantitative estimate of drug-likeness (QED) is 0.170. The van der Waals surface area contributed by atoms with Gasteiger partial charge in [-0.25, -0.2) is 9.97 Å². The first-order valence-electron chi connectivity index (χ1n) is 14.6. The molecule has 0 saturated heterocycles. The van der Waals surface area contributed by atoms with Crippen LogP contribution in [0.3, 0.4) is 0 Å². The average Bonchev–Trinajstić information content (AvgIpc) is 3.61. The number of hydrogen-bond donors (Lipinski definition) is 3. The second-order valence-corrected chi connectivity index (χ2v) is 11.6. The first-order valence-corrected chi connectivity index (χ1v) is 15.2. The maximum absolute atomic E-state index is 11.5. The average molecular weight is 653 g/mol. The molecule has 2 aliphatic rings. The molecule has 0 amide bonds. The van der Waals surface area contributed by atoms with Gasteiger partial charge < -0.3 is 20.2 Å². The zero-order valence-corrected chi connectivity index (χ0v) is 27.6. The van der Waals surface area contributed by atoms with E-state index in [4.69, 9.17) is 19.9 Å². The molecule has 0 aliphatic carbocycles. The Morgan fingerprint density at radius 3 is 1.64 bits per heavy atom. The van der Waals surface area contributed by atoms with Crippen LogP contribution < -0.4 is 9.97 Å². The second kappa shape index (κ2) is 13.6. The summed E-state index contributed by atoms with van der Waals surface area (Å²) in [7, 11) is 0. The monoisotopic (exact) mass is 652 g/mol. The molecular weight excluding hydrogens is 616 g/mol. The molecule has 0 fully saturated rings. The fourth-order valence-corrected chi connectivity index (χ4v) is 6.26. The van der Waals surface area contributed by atoms with E-state index < -0.39 is 11.9 Å². The molecule has 2 N–H and O–H groups in total. The van der Waals surface area contributed by atoms with E-state index >= 15 is 0 Å². The maximum atomic E-state index is 11.5. The van der Waals surface area contributed by atoms with Crippen LogP contribution in [-0.4, -0.2) is 37.9 Å². The van der Waals surface area contributed by atoms with E-state index in [0.29, 0.717) is 29.8 Å². The SMILES string of the molecule is CCC1=C(C)c2cc3[n-]c(cc4nc(cc5[n-]c(cc1n2)c(C)c5CCC(=O)O)C(CCC(=O)O)=C4C)c(C)c3CCS.[Fe+2]. The summed E-state index contributed by atoms with van der Waals surface area (Å²) >= 11 is 4.51. The zero-order chi connectivity index (χ0) is 31.0. The largest absolute Gasteiger partial charge is 2.00 e. The minimum Gasteiger partial charge on any atom is -0.657 e. The Morgan fingerprint density at radius 2 is 1.11 bits per heavy atom. The molecule has 0 aromatic carbocycles. The van der Waals surface area contributed by atoms with Crippen molar-refractivity contribution < 1.29 is 36.9 Å². The molecule has 8 bridgehead atoms. The number of allylic oxidation sites excluding steroid dienone is 4. The Hall–Kier alpha value is -3.59. The Morgan fingerprint density at radius 1 is 0.682 bits per heavy atom. The van der Waals surface area contributed by atoms with Crippen molar-refractivity contribution in [1.29, 1.82) is 0 Å². The summed E-state index contributed by atoms with van der Waals surface area (Å²) in [6, 6.07) is 7.89. The summed E-state index contributed by atoms with van der Waals surface area (Å²) < 4.78 is 0. The third-order valence-corrected chi connectivity index (χ3v) is 8.76. The predicted molar refractivity (Wildman–Crippen MR) is 174 cm³/mol. The number of aliphatic carboxylic acids is 2. The minimum absolute atomic E-state index is 0. The number of aromatic nitrogens is 4. The number of nitrogens with zero attached hydrogens (tertiary/aromatic N) is 4. The Kier molecular flexibility index (Phi) is 10.3. The van der Waals surface area contributed by atoms with Gasteiger partial charge in [-0.1, -0.05) is 53.4 Å². The third-order valence-electron chi connectivity index (χ3n) is 8.53. The van der Waals surface area contributed by atoms with Crippen LogP contribution in [-0.2, 0) is 39.5 Å². The van der Waals surface area contributed by atoms with Gasteiger partial charge in [0.25, 0.3) is 0 Å². The summed E-state index contributed by atoms with van der Waals surface area (Å²) in [6.45, 7) is 10.2. The molecule has 2 aliphatic heterocycles. The van der Waals surface area contributed by atoms with Crippen molar-refractivity contribution in [3.63, 3.8) is 0 Å². The second-order valence-electron chi connectivity index (χ2n) is 11.1. The summed E-state index contributed by atoms with van der Waals surface area (Å²) in [5, 5.41) is 18.9. The standard InChI is InChI=1S/C34H38N4O4S.Fe/c1-6-21-17(2)27-15-30-24(11-12-43)20(5)26(36-30)13-25-18(3)22(7-9-33(39)40)31(37-25)16-32-23(8-10-34(41)42)19(4)28(38-32)14-29(21)35-27;/h13-16H,6-12H2,1-5H3,(H5,35,36,37,38,39,40,41,42,43);/q;+2/p-2. The van der Waals surface area contributed by atoms with Crippen LogP contribution in [0.1, 0.15) is 91.5 Å². The molecule has 5 heterocycles. The molecule has 5 rings (SSSR count). The number of carboxylic acids is 2. The van der Waals surface area contributed by atoms with Gasteiger partial charge in [-0.2, -0.15) is 12.6 Å². The minimum atomic E-state index is -0.884. The first-order chi connectivity index (χ1) is 20.5. The fraction of sp³-hybridized carbons (Fsp3) is 0.353. The van der Waals surface area contributed by atoms with Gasteiger partial charge in [-0.3, -0.25) is 9.59 Å². The van der Waals surface area contributed by atoms with Crippen LogP contribution in [0.15, 0.2) is 24.3 Å². The van der Waals surface area contributed by atoms with Crippen molar-refractivity contribution in [2.24, 2.45) is 0 Å². The molecule has 230 valence electrons. The van der Waals surface area contributed by atoms with Crippen molar-refractivity contribution in [2.45, 2.75) is 73.1 Å². The molecule has 0 atom stereocenters. The van der Waals surface area contributed by atoms with Crippen molar-refractivity contribution >= 4 is 68.9 Å². The molecule has 10 heteroatoms. The van der Waals surface area contributed by atoms with E-state index in [2.05, 4.69) is 39.5 Å². The summed E-state index contributed by atoms with van der Waals surface area (Å²) in [6.07, 6.45) is 2.12. The molecule has 3 aromatic heterocycles. The van der Waals surface area contributed by atoms with Crippen molar-refractivity contribution in [3.05, 3.63) is 69.3 Å². The van der Waals surface area contributed by atoms with Gasteiger partial charge in [0, 0.05) is 12.8 Å². The first kappa shape index (κ1) is 33.3. The van der Waals surface area contributed by atoms with Gasteiger partial charge in [0.2, 0.25) is 0 Å². The van der Waals surface area contributed by atoms with Crippen molar-refractivity contribution in [3.8, 4) is 0 Å². The molecule has 44 heavy (non-hydrogen) atoms. The Bertz CT molecular complexity index is 1880. The fourth-order valence-electron chi connectivity index (χ4n) is 6.04. The maximum Gasteiger partial charge on any atom is 2.00 e. The van der Waals surface area contributed by atoms with Gasteiger partial charge in [0.15, 0.2) is 0 Å². The van der Waals surface area contributed by atoms with Gasteiger partial charge in [-0.05, 0) is 81.4 Å². The van der Waals surface area contributed by atoms with Crippen LogP contribution >= 0.6 is 12.6 Å². The van der Waals surface area contributed by atoms with E-state index in [1.54, 1.807) is 0 Å². The normalized spacial score (nSPS) is 13.0. The summed E-state index contributed by atoms with van der Waals surface area (Å²) in [5.41, 5.74) is 14.0. The van der Waals surface area contributed by atoms with Crippen LogP contribution in [0.5, 0.6) is 0 Å². The Balaban J connectivity index is 0.00000442. The predicted octanol–water partition coefficient (Wildman–Crippen LogP) is 6.81. The van der Waals surface area contributed by atoms with E-state index in [9.17, 15) is 19.8 Å². The number of aryl methyl sites for hydroxylation is 4. The van der Waals surface area contributed by atoms with Crippen LogP contribution in [0.2, 0.25) is 0 Å². The third kappa shape index (κ3) is 6.43. The topological polar surface area (TPSA) is 129 Å². The molecule has 0 unspecified atom stereocenters. The van der Waals surface area contributed by atoms with Crippen LogP contribution in [0.25, 0.3) is 44.4 Å². The molecule has 0 saturated carbocycles. The van der Waals surface area contributed by atoms with Crippen molar-refractivity contribution in [2.75, 3.05) is 5.75 Å². The molecular formula is C34H36FeN4O4S. The smallest absolute Gasteiger partial charge is 0.657 e. The number of fused-ring (bicyclic) bond motifs is 8. The van der Waals surface area contributed by atoms with Gasteiger partial charge in [0.1, 0.15) is 0 Å². The van der Waals surface area contributed by atoms with Gasteiger partial charge >= 0.3 is 29.0 Å². The summed E-state index contributed by atoms with van der Waals surface area (Å²) in [5.74, 6) is -1.09. The number of carbonyl (C=O) groups is 2. The zero-order valence-electron chi connectivity index (χ0n) is 25.6. The number of hydrogen-bond acceptors (Lipinski definition) is 5. The molecule has 0 spiro atoms. The van der Waals surface area contributed by atoms with Crippen molar-refractivity contribution in [1.82, 2.24) is 19.9 Å². The molecule has 8 nitrogen and oxygen atoms in total. The van der Waals surface area contributed by atoms with Gasteiger partial charge in [-0.15, -0.1) is 22.1 Å². The number of thiol groups is 1.